The summed E-state index contributed by atoms with van der Waals surface area (Å²) in [5, 5.41) is 0.728. The smallest absolute Gasteiger partial charge is 0.103 e. The highest BCUT2D eigenvalue weighted by Gasteiger charge is 2.07. The highest BCUT2D eigenvalue weighted by molar-refractivity contribution is 9.10. The highest BCUT2D eigenvalue weighted by Crippen LogP contribution is 2.29. The van der Waals surface area contributed by atoms with Crippen molar-refractivity contribution < 1.29 is 0 Å². The lowest BCUT2D eigenvalue weighted by Gasteiger charge is -2.06. The fourth-order valence-corrected chi connectivity index (χ4v) is 2.41. The third-order valence-electron chi connectivity index (χ3n) is 2.73. The number of rotatable bonds is 1. The number of benzene rings is 1. The molecule has 18 heavy (non-hydrogen) atoms. The van der Waals surface area contributed by atoms with Crippen molar-refractivity contribution in [3.63, 3.8) is 0 Å². The van der Waals surface area contributed by atoms with Gasteiger partial charge in [-0.2, -0.15) is 0 Å². The van der Waals surface area contributed by atoms with Crippen LogP contribution in [0.15, 0.2) is 53.3 Å². The summed E-state index contributed by atoms with van der Waals surface area (Å²) in [6.07, 6.45) is 3.56. The highest BCUT2D eigenvalue weighted by atomic mass is 79.9. The molecule has 2 nitrogen and oxygen atoms in total. The van der Waals surface area contributed by atoms with E-state index in [2.05, 4.69) is 25.9 Å². The van der Waals surface area contributed by atoms with Crippen molar-refractivity contribution in [1.29, 1.82) is 0 Å². The Hall–Kier alpha value is -1.45. The summed E-state index contributed by atoms with van der Waals surface area (Å²) in [5.74, 6) is 0. The number of nitrogens with zero attached hydrogens (tertiary/aromatic N) is 2. The predicted molar refractivity (Wildman–Crippen MR) is 77.7 cm³/mol. The molecule has 0 atom stereocenters. The minimum absolute atomic E-state index is 0.728. The predicted octanol–water partition coefficient (Wildman–Crippen LogP) is 4.71. The van der Waals surface area contributed by atoms with Crippen molar-refractivity contribution in [2.24, 2.45) is 0 Å². The Balaban J connectivity index is 2.29. The SMILES string of the molecule is Clc1ccc(-c2ccnc3c(Br)ccnc23)cc1. The van der Waals surface area contributed by atoms with E-state index in [0.717, 1.165) is 31.7 Å². The molecule has 0 aliphatic rings. The van der Waals surface area contributed by atoms with Crippen LogP contribution < -0.4 is 0 Å². The Morgan fingerprint density at radius 3 is 2.28 bits per heavy atom. The third kappa shape index (κ3) is 2.00. The van der Waals surface area contributed by atoms with E-state index in [-0.39, 0.29) is 0 Å². The Kier molecular flexibility index (Phi) is 3.02. The maximum atomic E-state index is 5.91. The first-order chi connectivity index (χ1) is 8.75. The molecule has 0 spiro atoms. The van der Waals surface area contributed by atoms with E-state index in [4.69, 9.17) is 11.6 Å². The van der Waals surface area contributed by atoms with Crippen LogP contribution >= 0.6 is 27.5 Å². The van der Waals surface area contributed by atoms with Crippen LogP contribution in [-0.2, 0) is 0 Å². The Bertz CT molecular complexity index is 711. The Labute approximate surface area is 118 Å². The van der Waals surface area contributed by atoms with Gasteiger partial charge in [-0.1, -0.05) is 23.7 Å². The van der Waals surface area contributed by atoms with Crippen molar-refractivity contribution in [3.05, 3.63) is 58.3 Å². The molecule has 0 aliphatic carbocycles. The molecule has 4 heteroatoms. The molecule has 3 rings (SSSR count). The summed E-state index contributed by atoms with van der Waals surface area (Å²) in [6, 6.07) is 11.6. The third-order valence-corrected chi connectivity index (χ3v) is 3.62. The second-order valence-electron chi connectivity index (χ2n) is 3.86. The van der Waals surface area contributed by atoms with Crippen LogP contribution in [0, 0.1) is 0 Å². The molecule has 3 aromatic rings. The molecular formula is C14H8BrClN2. The normalized spacial score (nSPS) is 10.8. The van der Waals surface area contributed by atoms with Gasteiger partial charge in [-0.15, -0.1) is 0 Å². The molecule has 0 N–H and O–H groups in total. The summed E-state index contributed by atoms with van der Waals surface area (Å²) < 4.78 is 0.948. The van der Waals surface area contributed by atoms with Crippen molar-refractivity contribution in [1.82, 2.24) is 9.97 Å². The molecular weight excluding hydrogens is 312 g/mol. The molecule has 0 radical (unpaired) electrons. The van der Waals surface area contributed by atoms with Gasteiger partial charge in [0.2, 0.25) is 0 Å². The van der Waals surface area contributed by atoms with Crippen molar-refractivity contribution >= 4 is 38.6 Å². The first-order valence-corrected chi connectivity index (χ1v) is 6.58. The summed E-state index contributed by atoms with van der Waals surface area (Å²) in [4.78, 5) is 8.76. The van der Waals surface area contributed by atoms with Gasteiger partial charge in [-0.3, -0.25) is 9.97 Å². The Morgan fingerprint density at radius 1 is 0.833 bits per heavy atom. The van der Waals surface area contributed by atoms with E-state index >= 15 is 0 Å². The monoisotopic (exact) mass is 318 g/mol. The van der Waals surface area contributed by atoms with E-state index in [1.807, 2.05) is 36.4 Å². The van der Waals surface area contributed by atoms with E-state index in [9.17, 15) is 0 Å². The van der Waals surface area contributed by atoms with Gasteiger partial charge in [0.1, 0.15) is 5.52 Å². The lowest BCUT2D eigenvalue weighted by Crippen LogP contribution is -1.88. The van der Waals surface area contributed by atoms with Crippen LogP contribution in [0.2, 0.25) is 5.02 Å². The first kappa shape index (κ1) is 11.6. The van der Waals surface area contributed by atoms with Gasteiger partial charge in [-0.25, -0.2) is 0 Å². The molecule has 2 heterocycles. The number of pyridine rings is 2. The van der Waals surface area contributed by atoms with Crippen LogP contribution in [0.4, 0.5) is 0 Å². The lowest BCUT2D eigenvalue weighted by atomic mass is 10.1. The maximum Gasteiger partial charge on any atom is 0.103 e. The van der Waals surface area contributed by atoms with Crippen molar-refractivity contribution in [2.45, 2.75) is 0 Å². The van der Waals surface area contributed by atoms with E-state index in [1.54, 1.807) is 12.4 Å². The second-order valence-corrected chi connectivity index (χ2v) is 5.15. The van der Waals surface area contributed by atoms with E-state index in [1.165, 1.54) is 0 Å². The molecule has 0 saturated heterocycles. The van der Waals surface area contributed by atoms with Crippen LogP contribution in [0.1, 0.15) is 0 Å². The summed E-state index contributed by atoms with van der Waals surface area (Å²) >= 11 is 9.40. The molecule has 1 aromatic carbocycles. The van der Waals surface area contributed by atoms with Gasteiger partial charge in [0.25, 0.3) is 0 Å². The average molecular weight is 320 g/mol. The average Bonchev–Trinajstić information content (AvgIpc) is 2.40. The molecule has 0 bridgehead atoms. The fourth-order valence-electron chi connectivity index (χ4n) is 1.88. The minimum Gasteiger partial charge on any atom is -0.254 e. The molecule has 2 aromatic heterocycles. The largest absolute Gasteiger partial charge is 0.254 e. The summed E-state index contributed by atoms with van der Waals surface area (Å²) in [7, 11) is 0. The summed E-state index contributed by atoms with van der Waals surface area (Å²) in [6.45, 7) is 0. The number of halogens is 2. The van der Waals surface area contributed by atoms with Gasteiger partial charge >= 0.3 is 0 Å². The van der Waals surface area contributed by atoms with E-state index in [0.29, 0.717) is 0 Å². The Morgan fingerprint density at radius 2 is 1.50 bits per heavy atom. The van der Waals surface area contributed by atoms with Crippen LogP contribution in [-0.4, -0.2) is 9.97 Å². The fraction of sp³-hybridized carbons (Fsp3) is 0. The zero-order valence-electron chi connectivity index (χ0n) is 9.27. The van der Waals surface area contributed by atoms with Crippen molar-refractivity contribution in [3.8, 4) is 11.1 Å². The number of hydrogen-bond donors (Lipinski definition) is 0. The number of hydrogen-bond acceptors (Lipinski definition) is 2. The van der Waals surface area contributed by atoms with Crippen LogP contribution in [0.25, 0.3) is 22.2 Å². The lowest BCUT2D eigenvalue weighted by molar-refractivity contribution is 1.32. The van der Waals surface area contributed by atoms with Gasteiger partial charge < -0.3 is 0 Å². The first-order valence-electron chi connectivity index (χ1n) is 5.41. The number of fused-ring (bicyclic) bond motifs is 1. The van der Waals surface area contributed by atoms with Gasteiger partial charge in [-0.05, 0) is 45.8 Å². The topological polar surface area (TPSA) is 25.8 Å². The van der Waals surface area contributed by atoms with Crippen molar-refractivity contribution in [2.75, 3.05) is 0 Å². The zero-order chi connectivity index (χ0) is 12.5. The molecule has 0 amide bonds. The molecule has 0 aliphatic heterocycles. The number of aromatic nitrogens is 2. The van der Waals surface area contributed by atoms with Gasteiger partial charge in [0.05, 0.1) is 5.52 Å². The molecule has 0 saturated carbocycles. The standard InChI is InChI=1S/C14H8BrClN2/c15-12-6-8-17-13-11(5-7-18-14(12)13)9-1-3-10(16)4-2-9/h1-8H. The summed E-state index contributed by atoms with van der Waals surface area (Å²) in [5.41, 5.74) is 3.88. The van der Waals surface area contributed by atoms with E-state index < -0.39 is 0 Å². The zero-order valence-corrected chi connectivity index (χ0v) is 11.6. The molecule has 0 fully saturated rings. The minimum atomic E-state index is 0.728. The van der Waals surface area contributed by atoms with Crippen LogP contribution in [0.3, 0.4) is 0 Å². The quantitative estimate of drug-likeness (QED) is 0.649. The van der Waals surface area contributed by atoms with Gasteiger partial charge in [0.15, 0.2) is 0 Å². The molecule has 0 unspecified atom stereocenters. The second kappa shape index (κ2) is 4.67. The molecule has 88 valence electrons. The van der Waals surface area contributed by atoms with Crippen LogP contribution in [0.5, 0.6) is 0 Å². The maximum absolute atomic E-state index is 5.91. The van der Waals surface area contributed by atoms with Gasteiger partial charge in [0, 0.05) is 27.5 Å².